The second kappa shape index (κ2) is 7.38. The minimum Gasteiger partial charge on any atom is -0.464 e. The van der Waals surface area contributed by atoms with Crippen molar-refractivity contribution in [3.05, 3.63) is 22.4 Å². The fourth-order valence-electron chi connectivity index (χ4n) is 1.17. The second-order valence-corrected chi connectivity index (χ2v) is 3.99. The highest BCUT2D eigenvalue weighted by atomic mass is 32.1. The van der Waals surface area contributed by atoms with Crippen LogP contribution in [0.3, 0.4) is 0 Å². The molecule has 0 bridgehead atoms. The summed E-state index contributed by atoms with van der Waals surface area (Å²) in [6.07, 6.45) is -0.630. The molecule has 1 heterocycles. The number of methoxy groups -OCH3 is 1. The highest BCUT2D eigenvalue weighted by Gasteiger charge is 2.23. The van der Waals surface area contributed by atoms with E-state index in [2.05, 4.69) is 0 Å². The van der Waals surface area contributed by atoms with E-state index in [9.17, 15) is 4.79 Å². The molecule has 1 aromatic heterocycles. The summed E-state index contributed by atoms with van der Waals surface area (Å²) in [7, 11) is 1.59. The van der Waals surface area contributed by atoms with Crippen LogP contribution in [0.2, 0.25) is 0 Å². The minimum absolute atomic E-state index is 0.346. The van der Waals surface area contributed by atoms with E-state index in [1.165, 1.54) is 11.3 Å². The van der Waals surface area contributed by atoms with Gasteiger partial charge in [0.05, 0.1) is 19.8 Å². The lowest BCUT2D eigenvalue weighted by atomic mass is 10.3. The molecule has 0 fully saturated rings. The van der Waals surface area contributed by atoms with Gasteiger partial charge in [-0.2, -0.15) is 0 Å². The molecule has 0 aliphatic heterocycles. The van der Waals surface area contributed by atoms with E-state index in [1.807, 2.05) is 17.5 Å². The van der Waals surface area contributed by atoms with Gasteiger partial charge in [0.25, 0.3) is 0 Å². The molecule has 0 saturated carbocycles. The summed E-state index contributed by atoms with van der Waals surface area (Å²) in [6, 6.07) is 3.74. The van der Waals surface area contributed by atoms with E-state index in [-0.39, 0.29) is 5.97 Å². The molecule has 0 N–H and O–H groups in total. The van der Waals surface area contributed by atoms with Crippen LogP contribution >= 0.6 is 11.3 Å². The Hall–Kier alpha value is -0.910. The first-order chi connectivity index (χ1) is 7.79. The summed E-state index contributed by atoms with van der Waals surface area (Å²) in [6.45, 7) is 2.96. The third-order valence-electron chi connectivity index (χ3n) is 1.87. The predicted molar refractivity (Wildman–Crippen MR) is 61.5 cm³/mol. The molecule has 5 heteroatoms. The maximum atomic E-state index is 11.7. The lowest BCUT2D eigenvalue weighted by molar-refractivity contribution is -0.157. The van der Waals surface area contributed by atoms with Crippen LogP contribution < -0.4 is 0 Å². The monoisotopic (exact) mass is 244 g/mol. The van der Waals surface area contributed by atoms with Crippen molar-refractivity contribution in [3.8, 4) is 0 Å². The summed E-state index contributed by atoms with van der Waals surface area (Å²) < 4.78 is 15.3. The normalized spacial score (nSPS) is 12.4. The van der Waals surface area contributed by atoms with E-state index in [4.69, 9.17) is 14.2 Å². The Morgan fingerprint density at radius 2 is 2.31 bits per heavy atom. The molecule has 0 amide bonds. The quantitative estimate of drug-likeness (QED) is 0.543. The minimum atomic E-state index is -0.630. The van der Waals surface area contributed by atoms with E-state index >= 15 is 0 Å². The van der Waals surface area contributed by atoms with Crippen molar-refractivity contribution >= 4 is 17.3 Å². The van der Waals surface area contributed by atoms with Crippen molar-refractivity contribution in [1.82, 2.24) is 0 Å². The number of carbonyl (C=O) groups is 1. The molecular weight excluding hydrogens is 228 g/mol. The first-order valence-electron chi connectivity index (χ1n) is 5.10. The average Bonchev–Trinajstić information content (AvgIpc) is 2.78. The Bertz CT molecular complexity index is 297. The van der Waals surface area contributed by atoms with Gasteiger partial charge in [0, 0.05) is 12.0 Å². The Kier molecular flexibility index (Phi) is 6.07. The van der Waals surface area contributed by atoms with Gasteiger partial charge in [0.15, 0.2) is 6.10 Å². The fraction of sp³-hybridized carbons (Fsp3) is 0.545. The number of hydrogen-bond acceptors (Lipinski definition) is 5. The highest BCUT2D eigenvalue weighted by Crippen LogP contribution is 2.23. The molecule has 1 atom stereocenters. The number of hydrogen-bond donors (Lipinski definition) is 0. The molecule has 1 aromatic rings. The van der Waals surface area contributed by atoms with Gasteiger partial charge in [-0.15, -0.1) is 11.3 Å². The van der Waals surface area contributed by atoms with E-state index in [0.29, 0.717) is 19.8 Å². The number of esters is 1. The smallest absolute Gasteiger partial charge is 0.340 e. The summed E-state index contributed by atoms with van der Waals surface area (Å²) in [5, 5.41) is 1.90. The molecule has 0 saturated heterocycles. The van der Waals surface area contributed by atoms with Crippen LogP contribution in [0.25, 0.3) is 0 Å². The number of rotatable bonds is 7. The molecule has 4 nitrogen and oxygen atoms in total. The zero-order chi connectivity index (χ0) is 11.8. The number of thiophene rings is 1. The summed E-state index contributed by atoms with van der Waals surface area (Å²) >= 11 is 1.48. The Balaban J connectivity index is 2.58. The van der Waals surface area contributed by atoms with Crippen molar-refractivity contribution in [2.24, 2.45) is 0 Å². The number of carbonyl (C=O) groups excluding carboxylic acids is 1. The molecule has 1 unspecified atom stereocenters. The van der Waals surface area contributed by atoms with Crippen LogP contribution in [0.4, 0.5) is 0 Å². The Morgan fingerprint density at radius 1 is 1.50 bits per heavy atom. The van der Waals surface area contributed by atoms with Crippen LogP contribution in [0, 0.1) is 0 Å². The molecule has 90 valence electrons. The SMILES string of the molecule is CCOC(=O)C(OCCOC)c1cccs1. The maximum Gasteiger partial charge on any atom is 0.340 e. The van der Waals surface area contributed by atoms with E-state index in [0.717, 1.165) is 4.88 Å². The van der Waals surface area contributed by atoms with E-state index in [1.54, 1.807) is 14.0 Å². The largest absolute Gasteiger partial charge is 0.464 e. The van der Waals surface area contributed by atoms with Gasteiger partial charge in [0.1, 0.15) is 0 Å². The van der Waals surface area contributed by atoms with Gasteiger partial charge in [-0.1, -0.05) is 6.07 Å². The molecule has 1 rings (SSSR count). The molecule has 0 spiro atoms. The van der Waals surface area contributed by atoms with Crippen molar-refractivity contribution < 1.29 is 19.0 Å². The lowest BCUT2D eigenvalue weighted by Gasteiger charge is -2.14. The molecule has 0 aliphatic carbocycles. The van der Waals surface area contributed by atoms with Gasteiger partial charge in [0.2, 0.25) is 0 Å². The van der Waals surface area contributed by atoms with Crippen LogP contribution in [-0.4, -0.2) is 32.9 Å². The topological polar surface area (TPSA) is 44.8 Å². The first-order valence-corrected chi connectivity index (χ1v) is 5.98. The molecule has 0 aliphatic rings. The lowest BCUT2D eigenvalue weighted by Crippen LogP contribution is -2.19. The molecule has 16 heavy (non-hydrogen) atoms. The first kappa shape index (κ1) is 13.2. The predicted octanol–water partition coefficient (Wildman–Crippen LogP) is 2.02. The number of ether oxygens (including phenoxy) is 3. The van der Waals surface area contributed by atoms with Crippen molar-refractivity contribution in [2.75, 3.05) is 26.9 Å². The van der Waals surface area contributed by atoms with Crippen LogP contribution in [0.15, 0.2) is 17.5 Å². The maximum absolute atomic E-state index is 11.7. The average molecular weight is 244 g/mol. The third kappa shape index (κ3) is 3.92. The Morgan fingerprint density at radius 3 is 2.88 bits per heavy atom. The summed E-state index contributed by atoms with van der Waals surface area (Å²) in [5.41, 5.74) is 0. The van der Waals surface area contributed by atoms with Crippen LogP contribution in [-0.2, 0) is 19.0 Å². The molecule has 0 aromatic carbocycles. The zero-order valence-corrected chi connectivity index (χ0v) is 10.3. The van der Waals surface area contributed by atoms with Crippen molar-refractivity contribution in [1.29, 1.82) is 0 Å². The van der Waals surface area contributed by atoms with Gasteiger partial charge >= 0.3 is 5.97 Å². The fourth-order valence-corrected chi connectivity index (χ4v) is 1.93. The highest BCUT2D eigenvalue weighted by molar-refractivity contribution is 7.10. The zero-order valence-electron chi connectivity index (χ0n) is 9.47. The third-order valence-corrected chi connectivity index (χ3v) is 2.79. The second-order valence-electron chi connectivity index (χ2n) is 3.01. The van der Waals surface area contributed by atoms with Crippen LogP contribution in [0.1, 0.15) is 17.9 Å². The molecular formula is C11H16O4S. The molecule has 0 radical (unpaired) electrons. The van der Waals surface area contributed by atoms with Crippen molar-refractivity contribution in [3.63, 3.8) is 0 Å². The van der Waals surface area contributed by atoms with Gasteiger partial charge in [-0.25, -0.2) is 4.79 Å². The Labute approximate surface area is 99.1 Å². The van der Waals surface area contributed by atoms with E-state index < -0.39 is 6.10 Å². The van der Waals surface area contributed by atoms with Crippen molar-refractivity contribution in [2.45, 2.75) is 13.0 Å². The van der Waals surface area contributed by atoms with Crippen LogP contribution in [0.5, 0.6) is 0 Å². The van der Waals surface area contributed by atoms with Gasteiger partial charge < -0.3 is 14.2 Å². The summed E-state index contributed by atoms with van der Waals surface area (Å²) in [5.74, 6) is -0.346. The van der Waals surface area contributed by atoms with Gasteiger partial charge in [-0.3, -0.25) is 0 Å². The standard InChI is InChI=1S/C11H16O4S/c1-3-14-11(12)10(15-7-6-13-2)9-5-4-8-16-9/h4-5,8,10H,3,6-7H2,1-2H3. The summed E-state index contributed by atoms with van der Waals surface area (Å²) in [4.78, 5) is 12.5. The van der Waals surface area contributed by atoms with Gasteiger partial charge in [-0.05, 0) is 18.4 Å².